The molecule has 0 saturated carbocycles. The fraction of sp³-hybridized carbons (Fsp3) is 0.182. The molecular weight excluding hydrogens is 402 g/mol. The Morgan fingerprint density at radius 1 is 1.13 bits per heavy atom. The third-order valence-electron chi connectivity index (χ3n) is 4.93. The molecule has 3 aromatic rings. The summed E-state index contributed by atoms with van der Waals surface area (Å²) in [4.78, 5) is 36.7. The normalized spacial score (nSPS) is 16.4. The highest BCUT2D eigenvalue weighted by Gasteiger charge is 2.44. The van der Waals surface area contributed by atoms with Gasteiger partial charge >= 0.3 is 0 Å². The van der Waals surface area contributed by atoms with E-state index >= 15 is 0 Å². The SMILES string of the molecule is Cc1nc(C)c(C(=O)C2=C(O)C(=O)N(Cc3ccccn3)C2c2ccc(O)cc2)s1. The molecule has 1 unspecified atom stereocenters. The molecule has 0 spiro atoms. The molecule has 2 N–H and O–H groups in total. The predicted molar refractivity (Wildman–Crippen MR) is 111 cm³/mol. The van der Waals surface area contributed by atoms with Crippen LogP contribution in [-0.4, -0.2) is 36.8 Å². The van der Waals surface area contributed by atoms with Gasteiger partial charge in [-0.3, -0.25) is 14.6 Å². The predicted octanol–water partition coefficient (Wildman–Crippen LogP) is 3.64. The highest BCUT2D eigenvalue weighted by atomic mass is 32.1. The number of ketones is 1. The van der Waals surface area contributed by atoms with Gasteiger partial charge in [-0.1, -0.05) is 18.2 Å². The lowest BCUT2D eigenvalue weighted by Gasteiger charge is -2.26. The molecule has 1 aliphatic heterocycles. The Morgan fingerprint density at radius 2 is 1.87 bits per heavy atom. The van der Waals surface area contributed by atoms with Gasteiger partial charge in [0, 0.05) is 6.20 Å². The first-order chi connectivity index (χ1) is 14.4. The second kappa shape index (κ2) is 7.72. The molecule has 152 valence electrons. The topological polar surface area (TPSA) is 104 Å². The molecule has 0 bridgehead atoms. The number of carbonyl (C=O) groups excluding carboxylic acids is 2. The Morgan fingerprint density at radius 3 is 2.47 bits per heavy atom. The molecule has 1 aromatic carbocycles. The molecule has 2 aromatic heterocycles. The van der Waals surface area contributed by atoms with Gasteiger partial charge in [-0.25, -0.2) is 4.98 Å². The van der Waals surface area contributed by atoms with Gasteiger partial charge < -0.3 is 15.1 Å². The van der Waals surface area contributed by atoms with Crippen molar-refractivity contribution < 1.29 is 19.8 Å². The third-order valence-corrected chi connectivity index (χ3v) is 6.00. The smallest absolute Gasteiger partial charge is 0.290 e. The second-order valence-corrected chi connectivity index (χ2v) is 8.19. The van der Waals surface area contributed by atoms with Gasteiger partial charge in [-0.15, -0.1) is 11.3 Å². The first kappa shape index (κ1) is 19.8. The maximum Gasteiger partial charge on any atom is 0.290 e. The number of aryl methyl sites for hydroxylation is 2. The van der Waals surface area contributed by atoms with Crippen molar-refractivity contribution in [1.29, 1.82) is 0 Å². The monoisotopic (exact) mass is 421 g/mol. The van der Waals surface area contributed by atoms with Crippen LogP contribution in [0.5, 0.6) is 5.75 Å². The number of phenolic OH excluding ortho intramolecular Hbond substituents is 1. The van der Waals surface area contributed by atoms with Crippen molar-refractivity contribution in [3.05, 3.63) is 86.8 Å². The summed E-state index contributed by atoms with van der Waals surface area (Å²) >= 11 is 1.23. The fourth-order valence-electron chi connectivity index (χ4n) is 3.58. The number of rotatable bonds is 5. The molecule has 8 heteroatoms. The molecular formula is C22H19N3O4S. The summed E-state index contributed by atoms with van der Waals surface area (Å²) in [6.45, 7) is 3.65. The van der Waals surface area contributed by atoms with E-state index in [1.54, 1.807) is 50.4 Å². The molecule has 0 aliphatic carbocycles. The van der Waals surface area contributed by atoms with Crippen LogP contribution in [0, 0.1) is 13.8 Å². The maximum atomic E-state index is 13.4. The van der Waals surface area contributed by atoms with E-state index in [1.165, 1.54) is 28.4 Å². The summed E-state index contributed by atoms with van der Waals surface area (Å²) in [5, 5.41) is 21.1. The summed E-state index contributed by atoms with van der Waals surface area (Å²) in [6.07, 6.45) is 1.62. The van der Waals surface area contributed by atoms with Crippen LogP contribution in [-0.2, 0) is 11.3 Å². The number of aromatic nitrogens is 2. The lowest BCUT2D eigenvalue weighted by atomic mass is 9.95. The number of carbonyl (C=O) groups is 2. The number of Topliss-reactive ketones (excluding diaryl/α,β-unsaturated/α-hetero) is 1. The molecule has 0 radical (unpaired) electrons. The Bertz CT molecular complexity index is 1150. The van der Waals surface area contributed by atoms with E-state index in [4.69, 9.17) is 0 Å². The quantitative estimate of drug-likeness (QED) is 0.610. The maximum absolute atomic E-state index is 13.4. The largest absolute Gasteiger partial charge is 0.508 e. The van der Waals surface area contributed by atoms with Crippen molar-refractivity contribution in [2.75, 3.05) is 0 Å². The number of phenols is 1. The van der Waals surface area contributed by atoms with Crippen LogP contribution in [0.2, 0.25) is 0 Å². The van der Waals surface area contributed by atoms with E-state index in [0.717, 1.165) is 5.01 Å². The van der Waals surface area contributed by atoms with Crippen LogP contribution in [0.1, 0.15) is 37.7 Å². The molecule has 1 amide bonds. The fourth-order valence-corrected chi connectivity index (χ4v) is 4.46. The molecule has 0 saturated heterocycles. The number of pyridine rings is 1. The number of thiazole rings is 1. The minimum absolute atomic E-state index is 0.00775. The molecule has 4 rings (SSSR count). The van der Waals surface area contributed by atoms with Gasteiger partial charge in [0.15, 0.2) is 5.76 Å². The first-order valence-corrected chi connectivity index (χ1v) is 10.1. The highest BCUT2D eigenvalue weighted by Crippen LogP contribution is 2.41. The number of aromatic hydroxyl groups is 1. The molecule has 30 heavy (non-hydrogen) atoms. The number of hydrogen-bond acceptors (Lipinski definition) is 7. The first-order valence-electron chi connectivity index (χ1n) is 9.28. The van der Waals surface area contributed by atoms with Crippen molar-refractivity contribution in [3.8, 4) is 5.75 Å². The number of aliphatic hydroxyl groups is 1. The third kappa shape index (κ3) is 3.46. The Hall–Kier alpha value is -3.52. The van der Waals surface area contributed by atoms with Gasteiger partial charge in [0.1, 0.15) is 5.75 Å². The zero-order chi connectivity index (χ0) is 21.4. The zero-order valence-electron chi connectivity index (χ0n) is 16.4. The summed E-state index contributed by atoms with van der Waals surface area (Å²) in [5.74, 6) is -1.57. The van der Waals surface area contributed by atoms with E-state index in [2.05, 4.69) is 9.97 Å². The van der Waals surface area contributed by atoms with Crippen LogP contribution in [0.15, 0.2) is 60.0 Å². The summed E-state index contributed by atoms with van der Waals surface area (Å²) in [7, 11) is 0. The molecule has 3 heterocycles. The summed E-state index contributed by atoms with van der Waals surface area (Å²) in [5.41, 5.74) is 1.79. The number of hydrogen-bond donors (Lipinski definition) is 2. The Kier molecular flexibility index (Phi) is 5.09. The number of aliphatic hydroxyl groups excluding tert-OH is 1. The molecule has 1 aliphatic rings. The van der Waals surface area contributed by atoms with Crippen molar-refractivity contribution >= 4 is 23.0 Å². The van der Waals surface area contributed by atoms with Crippen LogP contribution in [0.25, 0.3) is 0 Å². The van der Waals surface area contributed by atoms with E-state index < -0.39 is 23.5 Å². The van der Waals surface area contributed by atoms with Gasteiger partial charge in [-0.05, 0) is 43.7 Å². The summed E-state index contributed by atoms with van der Waals surface area (Å²) < 4.78 is 0. The lowest BCUT2D eigenvalue weighted by Crippen LogP contribution is -2.31. The minimum Gasteiger partial charge on any atom is -0.508 e. The van der Waals surface area contributed by atoms with Gasteiger partial charge in [0.25, 0.3) is 5.91 Å². The molecule has 1 atom stereocenters. The molecule has 0 fully saturated rings. The van der Waals surface area contributed by atoms with E-state index in [-0.39, 0.29) is 17.9 Å². The van der Waals surface area contributed by atoms with E-state index in [0.29, 0.717) is 21.8 Å². The standard InChI is InChI=1S/C22H19N3O4S/c1-12-21(30-13(2)24-12)19(27)17-18(14-6-8-16(26)9-7-14)25(22(29)20(17)28)11-15-5-3-4-10-23-15/h3-10,18,26,28H,11H2,1-2H3. The second-order valence-electron chi connectivity index (χ2n) is 6.99. The van der Waals surface area contributed by atoms with E-state index in [9.17, 15) is 19.8 Å². The number of benzene rings is 1. The summed E-state index contributed by atoms with van der Waals surface area (Å²) in [6, 6.07) is 10.8. The van der Waals surface area contributed by atoms with Crippen LogP contribution in [0.4, 0.5) is 0 Å². The average Bonchev–Trinajstić information content (AvgIpc) is 3.20. The highest BCUT2D eigenvalue weighted by molar-refractivity contribution is 7.14. The van der Waals surface area contributed by atoms with Gasteiger partial charge in [-0.2, -0.15) is 0 Å². The number of nitrogens with zero attached hydrogens (tertiary/aromatic N) is 3. The van der Waals surface area contributed by atoms with Crippen molar-refractivity contribution in [1.82, 2.24) is 14.9 Å². The van der Waals surface area contributed by atoms with Gasteiger partial charge in [0.05, 0.1) is 39.4 Å². The van der Waals surface area contributed by atoms with Crippen LogP contribution < -0.4 is 0 Å². The molecule has 7 nitrogen and oxygen atoms in total. The van der Waals surface area contributed by atoms with Crippen molar-refractivity contribution in [2.24, 2.45) is 0 Å². The van der Waals surface area contributed by atoms with Gasteiger partial charge in [0.2, 0.25) is 5.78 Å². The van der Waals surface area contributed by atoms with Crippen LogP contribution in [0.3, 0.4) is 0 Å². The average molecular weight is 421 g/mol. The zero-order valence-corrected chi connectivity index (χ0v) is 17.2. The van der Waals surface area contributed by atoms with E-state index in [1.807, 2.05) is 0 Å². The lowest BCUT2D eigenvalue weighted by molar-refractivity contribution is -0.130. The minimum atomic E-state index is -0.811. The van der Waals surface area contributed by atoms with Crippen LogP contribution >= 0.6 is 11.3 Å². The van der Waals surface area contributed by atoms with Crippen molar-refractivity contribution in [2.45, 2.75) is 26.4 Å². The number of amides is 1. The Labute approximate surface area is 177 Å². The van der Waals surface area contributed by atoms with Crippen molar-refractivity contribution in [3.63, 3.8) is 0 Å². The Balaban J connectivity index is 1.81.